The van der Waals surface area contributed by atoms with Crippen molar-refractivity contribution >= 4 is 43.1 Å². The van der Waals surface area contributed by atoms with Gasteiger partial charge in [0.1, 0.15) is 0 Å². The second-order valence-corrected chi connectivity index (χ2v) is 39.5. The van der Waals surface area contributed by atoms with Crippen LogP contribution in [0.4, 0.5) is 0 Å². The normalized spacial score (nSPS) is 14.1. The molecule has 4 atom stereocenters. The predicted molar refractivity (Wildman–Crippen MR) is 615 cm³/mol. The number of benzene rings is 24. The maximum atomic E-state index is 5.50. The van der Waals surface area contributed by atoms with Crippen molar-refractivity contribution in [3.05, 3.63) is 665 Å². The zero-order chi connectivity index (χ0) is 97.2. The first-order chi connectivity index (χ1) is 72.9. The Hall–Kier alpha value is -18.5. The van der Waals surface area contributed by atoms with Crippen LogP contribution in [0.15, 0.2) is 576 Å². The average molecular weight is 1870 g/mol. The molecule has 25 aromatic rings. The molecule has 1 nitrogen and oxygen atoms in total. The summed E-state index contributed by atoms with van der Waals surface area (Å²) in [6.07, 6.45) is 0. The summed E-state index contributed by atoms with van der Waals surface area (Å²) < 4.78 is 0. The summed E-state index contributed by atoms with van der Waals surface area (Å²) in [5.74, 6) is 0.562. The molecule has 147 heavy (non-hydrogen) atoms. The minimum absolute atomic E-state index is 0.00319. The van der Waals surface area contributed by atoms with Crippen LogP contribution in [0.3, 0.4) is 0 Å². The maximum absolute atomic E-state index is 5.50. The van der Waals surface area contributed by atoms with Crippen molar-refractivity contribution in [3.63, 3.8) is 0 Å². The Morgan fingerprint density at radius 1 is 0.143 bits per heavy atom. The van der Waals surface area contributed by atoms with Crippen molar-refractivity contribution in [2.45, 2.75) is 29.1 Å². The highest BCUT2D eigenvalue weighted by atomic mass is 14.7. The van der Waals surface area contributed by atoms with Gasteiger partial charge in [-0.05, 0) is 280 Å². The summed E-state index contributed by atoms with van der Waals surface area (Å²) in [4.78, 5) is 5.50. The van der Waals surface area contributed by atoms with E-state index in [4.69, 9.17) is 4.98 Å². The number of fused-ring (bicyclic) bond motifs is 19. The molecule has 0 saturated carbocycles. The van der Waals surface area contributed by atoms with Crippen LogP contribution in [0.5, 0.6) is 0 Å². The predicted octanol–water partition coefficient (Wildman–Crippen LogP) is 37.8. The van der Waals surface area contributed by atoms with Crippen LogP contribution in [-0.2, 0) is 5.41 Å². The Balaban J connectivity index is 0.000000111. The zero-order valence-electron chi connectivity index (χ0n) is 81.1. The highest BCUT2D eigenvalue weighted by molar-refractivity contribution is 6.07. The van der Waals surface area contributed by atoms with Crippen molar-refractivity contribution in [2.75, 3.05) is 0 Å². The molecule has 0 bridgehead atoms. The van der Waals surface area contributed by atoms with Crippen molar-refractivity contribution in [1.82, 2.24) is 4.98 Å². The number of nitrogens with zero attached hydrogens (tertiary/aromatic N) is 1. The highest BCUT2D eigenvalue weighted by Crippen LogP contribution is 2.58. The van der Waals surface area contributed by atoms with Crippen molar-refractivity contribution in [2.24, 2.45) is 0 Å². The van der Waals surface area contributed by atoms with Gasteiger partial charge in [0.25, 0.3) is 0 Å². The minimum Gasteiger partial charge on any atom is -0.252 e. The van der Waals surface area contributed by atoms with E-state index in [0.29, 0.717) is 0 Å². The van der Waals surface area contributed by atoms with E-state index in [1.165, 1.54) is 227 Å². The van der Waals surface area contributed by atoms with Crippen LogP contribution >= 0.6 is 0 Å². The van der Waals surface area contributed by atoms with Crippen LogP contribution in [0.25, 0.3) is 166 Å². The average Bonchev–Trinajstić information content (AvgIpc) is 1.72. The van der Waals surface area contributed by atoms with Gasteiger partial charge < -0.3 is 0 Å². The zero-order valence-corrected chi connectivity index (χ0v) is 81.1. The number of hydrogen-bond donors (Lipinski definition) is 0. The third-order valence-corrected chi connectivity index (χ3v) is 31.4. The molecule has 0 radical (unpaired) electrons. The maximum Gasteiger partial charge on any atom is 0.0711 e. The molecular formula is C146H99N. The highest BCUT2D eigenvalue weighted by Gasteiger charge is 2.41. The lowest BCUT2D eigenvalue weighted by Crippen LogP contribution is -2.31. The number of aromatic nitrogens is 1. The monoisotopic (exact) mass is 1870 g/mol. The Morgan fingerprint density at radius 2 is 0.469 bits per heavy atom. The summed E-state index contributed by atoms with van der Waals surface area (Å²) in [6, 6.07) is 212. The number of hydrogen-bond acceptors (Lipinski definition) is 1. The minimum atomic E-state index is -0.539. The molecule has 24 aromatic carbocycles. The molecule has 0 N–H and O–H groups in total. The molecule has 0 spiro atoms. The van der Waals surface area contributed by atoms with E-state index in [9.17, 15) is 0 Å². The molecule has 0 aliphatic heterocycles. The number of rotatable bonds is 15. The topological polar surface area (TPSA) is 12.9 Å². The van der Waals surface area contributed by atoms with E-state index in [-0.39, 0.29) is 23.7 Å². The lowest BCUT2D eigenvalue weighted by molar-refractivity contribution is 0.745. The van der Waals surface area contributed by atoms with Crippen LogP contribution in [0.1, 0.15) is 113 Å². The Labute approximate surface area is 858 Å². The van der Waals surface area contributed by atoms with Gasteiger partial charge in [-0.1, -0.05) is 534 Å². The second-order valence-electron chi connectivity index (χ2n) is 39.5. The molecule has 0 fully saturated rings. The molecule has 0 amide bonds. The summed E-state index contributed by atoms with van der Waals surface area (Å²) in [5.41, 5.74) is 47.9. The van der Waals surface area contributed by atoms with E-state index in [2.05, 4.69) is 576 Å². The second kappa shape index (κ2) is 37.4. The summed E-state index contributed by atoms with van der Waals surface area (Å²) in [7, 11) is 0. The van der Waals surface area contributed by atoms with Gasteiger partial charge in [-0.2, -0.15) is 0 Å². The molecule has 1 aromatic heterocycles. The summed E-state index contributed by atoms with van der Waals surface area (Å²) in [5, 5.41) is 10.3. The molecule has 1 heteroatoms. The first-order valence-corrected chi connectivity index (χ1v) is 51.4. The number of pyridine rings is 1. The van der Waals surface area contributed by atoms with Gasteiger partial charge in [0.15, 0.2) is 0 Å². The molecule has 4 aliphatic rings. The third-order valence-electron chi connectivity index (χ3n) is 31.4. The quantitative estimate of drug-likeness (QED) is 0.0933. The van der Waals surface area contributed by atoms with Gasteiger partial charge in [0.2, 0.25) is 0 Å². The van der Waals surface area contributed by atoms with E-state index in [0.717, 1.165) is 28.1 Å². The largest absolute Gasteiger partial charge is 0.252 e. The lowest BCUT2D eigenvalue weighted by atomic mass is 9.65. The molecule has 1 heterocycles. The van der Waals surface area contributed by atoms with Crippen LogP contribution < -0.4 is 0 Å². The van der Waals surface area contributed by atoms with Gasteiger partial charge in [0, 0.05) is 23.3 Å². The first-order valence-electron chi connectivity index (χ1n) is 51.4. The van der Waals surface area contributed by atoms with Crippen LogP contribution in [-0.4, -0.2) is 4.98 Å². The first kappa shape index (κ1) is 87.5. The fourth-order valence-corrected chi connectivity index (χ4v) is 24.8. The standard InChI is InChI=1S/C54H36.C53H37N.C39H26/c1-4-14-35(15-5-1)41-30-42(36-16-6-2-7-17-36)32-43(31-41)53-48-28-26-40(34-51(48)54-44-21-11-10-18-37(44)24-29-49(53)54)39-25-27-47-50(33-39)45-22-12-13-23-46(45)52(47)38-19-8-3-9-20-38;1-5-19-38(20-6-1)49-35-40(36-50(54-49)52-47-31-16-15-30-46(47)51-45-29-14-13-18-37(45)32-33-48(51)52)39-21-17-28-44(34-39)53(41-22-7-2-8-23-41,42-24-9-3-10-25-42)43-26-11-4-12-27-43;1-2-10-26(11-3-1)27-18-20-29(21-19-27)37-25-31(24-30-13-5-6-14-32(30)37)38-34-16-8-9-17-35(34)39-33-15-7-4-12-28(33)22-23-36(38)39/h1-34,52-53H;1-36,52H;1-25,38H. The molecule has 0 saturated heterocycles. The molecular weight excluding hydrogens is 1770 g/mol. The van der Waals surface area contributed by atoms with Crippen LogP contribution in [0.2, 0.25) is 0 Å². The van der Waals surface area contributed by atoms with E-state index in [1.807, 2.05) is 0 Å². The van der Waals surface area contributed by atoms with Gasteiger partial charge in [0.05, 0.1) is 22.7 Å². The molecule has 4 unspecified atom stereocenters. The SMILES string of the molecule is c1ccc(-c2cc(-c3cccc(C(c4ccccc4)(c4ccccc4)c4ccccc4)c3)cc(C3c4ccccc4-c4c3ccc3ccccc43)n2)cc1.c1ccc(-c2cc(-c3ccccc3)cc(C3c4ccc(-c5ccc6c(c5)-c5ccccc5C6c5ccccc5)cc4-c4c3ccc3ccccc43)c2)cc1.c1ccc(-c2ccc(-c3cc(C4c5ccccc5-c5c4ccc4ccccc54)cc4ccccc34)cc2)cc1. The molecule has 688 valence electrons. The van der Waals surface area contributed by atoms with E-state index in [1.54, 1.807) is 0 Å². The van der Waals surface area contributed by atoms with Crippen molar-refractivity contribution in [3.8, 4) is 123 Å². The van der Waals surface area contributed by atoms with E-state index < -0.39 is 5.41 Å². The molecule has 29 rings (SSSR count). The van der Waals surface area contributed by atoms with Gasteiger partial charge in [-0.3, -0.25) is 4.98 Å². The third kappa shape index (κ3) is 15.5. The Morgan fingerprint density at radius 3 is 0.986 bits per heavy atom. The van der Waals surface area contributed by atoms with E-state index >= 15 is 0 Å². The smallest absolute Gasteiger partial charge is 0.0711 e. The fourth-order valence-electron chi connectivity index (χ4n) is 24.8. The van der Waals surface area contributed by atoms with Crippen molar-refractivity contribution in [1.29, 1.82) is 0 Å². The van der Waals surface area contributed by atoms with Crippen LogP contribution in [0, 0.1) is 0 Å². The summed E-state index contributed by atoms with van der Waals surface area (Å²) >= 11 is 0. The van der Waals surface area contributed by atoms with Gasteiger partial charge in [-0.15, -0.1) is 0 Å². The fraction of sp³-hybridized carbons (Fsp3) is 0.0342. The van der Waals surface area contributed by atoms with Gasteiger partial charge in [-0.25, -0.2) is 0 Å². The summed E-state index contributed by atoms with van der Waals surface area (Å²) in [6.45, 7) is 0. The Bertz CT molecular complexity index is 9170. The van der Waals surface area contributed by atoms with Gasteiger partial charge >= 0.3 is 0 Å². The lowest BCUT2D eigenvalue weighted by Gasteiger charge is -2.37. The molecule has 4 aliphatic carbocycles. The van der Waals surface area contributed by atoms with Crippen molar-refractivity contribution < 1.29 is 0 Å². The Kier molecular flexibility index (Phi) is 22.3.